The van der Waals surface area contributed by atoms with Gasteiger partial charge in [-0.05, 0) is 24.3 Å². The largest absolute Gasteiger partial charge is 0.507 e. The summed E-state index contributed by atoms with van der Waals surface area (Å²) in [6.45, 7) is 0. The molecule has 0 unspecified atom stereocenters. The summed E-state index contributed by atoms with van der Waals surface area (Å²) in [6, 6.07) is 6.38. The van der Waals surface area contributed by atoms with Gasteiger partial charge in [0.15, 0.2) is 0 Å². The highest BCUT2D eigenvalue weighted by molar-refractivity contribution is 6.39. The third-order valence-electron chi connectivity index (χ3n) is 2.04. The molecule has 1 N–H and O–H groups in total. The number of benzene rings is 1. The average Bonchev–Trinajstić information content (AvgIpc) is 2.37. The van der Waals surface area contributed by atoms with Crippen LogP contribution in [0.5, 0.6) is 5.75 Å². The first-order valence-corrected chi connectivity index (χ1v) is 4.76. The lowest BCUT2D eigenvalue weighted by atomic mass is 10.1. The molecule has 0 atom stereocenters. The van der Waals surface area contributed by atoms with Crippen LogP contribution in [0.25, 0.3) is 5.76 Å². The zero-order chi connectivity index (χ0) is 12.8. The first-order valence-electron chi connectivity index (χ1n) is 4.76. The molecule has 0 aliphatic heterocycles. The second kappa shape index (κ2) is 5.69. The van der Waals surface area contributed by atoms with Gasteiger partial charge < -0.3 is 14.6 Å². The molecule has 17 heavy (non-hydrogen) atoms. The van der Waals surface area contributed by atoms with Gasteiger partial charge in [-0.15, -0.1) is 0 Å². The van der Waals surface area contributed by atoms with Crippen molar-refractivity contribution in [3.05, 3.63) is 35.9 Å². The Balaban J connectivity index is 2.88. The average molecular weight is 236 g/mol. The molecule has 0 radical (unpaired) electrons. The topological polar surface area (TPSA) is 72.8 Å². The van der Waals surface area contributed by atoms with Crippen molar-refractivity contribution in [2.24, 2.45) is 0 Å². The first-order chi connectivity index (χ1) is 8.08. The van der Waals surface area contributed by atoms with Gasteiger partial charge in [0.05, 0.1) is 14.2 Å². The lowest BCUT2D eigenvalue weighted by Crippen LogP contribution is -2.13. The van der Waals surface area contributed by atoms with Crippen LogP contribution in [0, 0.1) is 0 Å². The summed E-state index contributed by atoms with van der Waals surface area (Å²) in [5.41, 5.74) is 0.406. The number of ether oxygens (including phenoxy) is 2. The van der Waals surface area contributed by atoms with Gasteiger partial charge >= 0.3 is 5.97 Å². The Labute approximate surface area is 98.3 Å². The van der Waals surface area contributed by atoms with Crippen molar-refractivity contribution in [2.45, 2.75) is 0 Å². The number of carbonyl (C=O) groups is 2. The van der Waals surface area contributed by atoms with E-state index in [4.69, 9.17) is 4.74 Å². The third kappa shape index (κ3) is 3.34. The fourth-order valence-corrected chi connectivity index (χ4v) is 1.13. The molecule has 0 aliphatic carbocycles. The van der Waals surface area contributed by atoms with Gasteiger partial charge in [-0.1, -0.05) is 0 Å². The number of methoxy groups -OCH3 is 2. The smallest absolute Gasteiger partial charge is 0.378 e. The minimum atomic E-state index is -1.02. The van der Waals surface area contributed by atoms with Crippen molar-refractivity contribution >= 4 is 17.5 Å². The molecule has 0 spiro atoms. The molecule has 5 nitrogen and oxygen atoms in total. The van der Waals surface area contributed by atoms with E-state index in [1.165, 1.54) is 7.11 Å². The number of aliphatic hydroxyl groups excluding tert-OH is 1. The molecule has 1 aromatic carbocycles. The predicted molar refractivity (Wildman–Crippen MR) is 60.6 cm³/mol. The molecule has 0 aliphatic rings. The summed E-state index contributed by atoms with van der Waals surface area (Å²) < 4.78 is 9.16. The quantitative estimate of drug-likeness (QED) is 0.369. The van der Waals surface area contributed by atoms with E-state index in [2.05, 4.69) is 4.74 Å². The van der Waals surface area contributed by atoms with Crippen molar-refractivity contribution in [1.82, 2.24) is 0 Å². The van der Waals surface area contributed by atoms with Crippen molar-refractivity contribution in [3.8, 4) is 5.75 Å². The normalized spacial score (nSPS) is 10.8. The number of hydrogen-bond acceptors (Lipinski definition) is 5. The zero-order valence-electron chi connectivity index (χ0n) is 9.47. The van der Waals surface area contributed by atoms with Gasteiger partial charge in [0.1, 0.15) is 11.5 Å². The van der Waals surface area contributed by atoms with Crippen LogP contribution >= 0.6 is 0 Å². The molecule has 0 saturated carbocycles. The van der Waals surface area contributed by atoms with Crippen LogP contribution in [0.3, 0.4) is 0 Å². The monoisotopic (exact) mass is 236 g/mol. The number of hydrogen-bond donors (Lipinski definition) is 1. The van der Waals surface area contributed by atoms with Gasteiger partial charge in [0.25, 0.3) is 5.78 Å². The molecule has 1 rings (SSSR count). The molecule has 5 heteroatoms. The summed E-state index contributed by atoms with van der Waals surface area (Å²) in [5, 5.41) is 9.59. The van der Waals surface area contributed by atoms with E-state index in [1.807, 2.05) is 0 Å². The van der Waals surface area contributed by atoms with Crippen LogP contribution in [0.2, 0.25) is 0 Å². The summed E-state index contributed by atoms with van der Waals surface area (Å²) in [4.78, 5) is 22.0. The first kappa shape index (κ1) is 12.8. The number of carbonyl (C=O) groups excluding carboxylic acids is 2. The van der Waals surface area contributed by atoms with Gasteiger partial charge in [0, 0.05) is 11.6 Å². The lowest BCUT2D eigenvalue weighted by molar-refractivity contribution is -0.149. The van der Waals surface area contributed by atoms with Crippen LogP contribution in [0.15, 0.2) is 30.3 Å². The van der Waals surface area contributed by atoms with Gasteiger partial charge in [-0.25, -0.2) is 4.79 Å². The SMILES string of the molecule is COC(=O)C(=O)/C=C(/O)c1ccc(OC)cc1. The Morgan fingerprint density at radius 3 is 2.24 bits per heavy atom. The van der Waals surface area contributed by atoms with Crippen LogP contribution in [0.1, 0.15) is 5.56 Å². The van der Waals surface area contributed by atoms with Crippen LogP contribution in [-0.2, 0) is 14.3 Å². The van der Waals surface area contributed by atoms with Gasteiger partial charge in [-0.3, -0.25) is 4.79 Å². The minimum absolute atomic E-state index is 0.303. The molecule has 90 valence electrons. The maximum Gasteiger partial charge on any atom is 0.378 e. The van der Waals surface area contributed by atoms with E-state index >= 15 is 0 Å². The highest BCUT2D eigenvalue weighted by Crippen LogP contribution is 2.16. The van der Waals surface area contributed by atoms with Crippen molar-refractivity contribution in [2.75, 3.05) is 14.2 Å². The maximum absolute atomic E-state index is 11.1. The number of ketones is 1. The molecule has 0 fully saturated rings. The Morgan fingerprint density at radius 2 is 1.76 bits per heavy atom. The highest BCUT2D eigenvalue weighted by atomic mass is 16.5. The van der Waals surface area contributed by atoms with Gasteiger partial charge in [-0.2, -0.15) is 0 Å². The molecule has 0 heterocycles. The molecule has 1 aromatic rings. The van der Waals surface area contributed by atoms with Crippen LogP contribution in [-0.4, -0.2) is 31.1 Å². The van der Waals surface area contributed by atoms with E-state index in [-0.39, 0.29) is 5.76 Å². The Morgan fingerprint density at radius 1 is 1.18 bits per heavy atom. The number of rotatable bonds is 4. The van der Waals surface area contributed by atoms with E-state index in [0.29, 0.717) is 11.3 Å². The fraction of sp³-hybridized carbons (Fsp3) is 0.167. The number of esters is 1. The molecule has 0 bridgehead atoms. The summed E-state index contributed by atoms with van der Waals surface area (Å²) in [6.07, 6.45) is 0.813. The highest BCUT2D eigenvalue weighted by Gasteiger charge is 2.12. The summed E-state index contributed by atoms with van der Waals surface area (Å²) in [5.74, 6) is -1.62. The molecule has 0 aromatic heterocycles. The van der Waals surface area contributed by atoms with E-state index in [1.54, 1.807) is 24.3 Å². The Hall–Kier alpha value is -2.30. The van der Waals surface area contributed by atoms with Crippen LogP contribution < -0.4 is 4.74 Å². The molecule has 0 amide bonds. The number of aliphatic hydroxyl groups is 1. The maximum atomic E-state index is 11.1. The van der Waals surface area contributed by atoms with Gasteiger partial charge in [0.2, 0.25) is 0 Å². The van der Waals surface area contributed by atoms with E-state index in [9.17, 15) is 14.7 Å². The van der Waals surface area contributed by atoms with E-state index in [0.717, 1.165) is 13.2 Å². The second-order valence-corrected chi connectivity index (χ2v) is 3.11. The zero-order valence-corrected chi connectivity index (χ0v) is 9.47. The predicted octanol–water partition coefficient (Wildman–Crippen LogP) is 1.34. The molecule has 0 saturated heterocycles. The second-order valence-electron chi connectivity index (χ2n) is 3.11. The standard InChI is InChI=1S/C12H12O5/c1-16-9-5-3-8(4-6-9)10(13)7-11(14)12(15)17-2/h3-7,13H,1-2H3/b10-7+. The molecular weight excluding hydrogens is 224 g/mol. The van der Waals surface area contributed by atoms with Crippen molar-refractivity contribution in [1.29, 1.82) is 0 Å². The lowest BCUT2D eigenvalue weighted by Gasteiger charge is -2.02. The van der Waals surface area contributed by atoms with E-state index < -0.39 is 11.8 Å². The minimum Gasteiger partial charge on any atom is -0.507 e. The fourth-order valence-electron chi connectivity index (χ4n) is 1.13. The summed E-state index contributed by atoms with van der Waals surface area (Å²) in [7, 11) is 2.62. The van der Waals surface area contributed by atoms with Crippen LogP contribution in [0.4, 0.5) is 0 Å². The van der Waals surface area contributed by atoms with Crippen molar-refractivity contribution in [3.63, 3.8) is 0 Å². The third-order valence-corrected chi connectivity index (χ3v) is 2.04. The Bertz CT molecular complexity index is 444. The summed E-state index contributed by atoms with van der Waals surface area (Å²) >= 11 is 0. The Kier molecular flexibility index (Phi) is 4.28. The van der Waals surface area contributed by atoms with Crippen molar-refractivity contribution < 1.29 is 24.2 Å². The molecular formula is C12H12O5.